The average molecular weight is 292 g/mol. The molecular weight excluding hydrogens is 274 g/mol. The van der Waals surface area contributed by atoms with E-state index in [0.717, 1.165) is 18.7 Å². The van der Waals surface area contributed by atoms with E-state index in [2.05, 4.69) is 24.4 Å². The number of halogens is 1. The van der Waals surface area contributed by atoms with Crippen molar-refractivity contribution in [1.82, 2.24) is 5.32 Å². The van der Waals surface area contributed by atoms with Gasteiger partial charge in [0.15, 0.2) is 0 Å². The molecule has 4 heteroatoms. The van der Waals surface area contributed by atoms with Crippen molar-refractivity contribution in [3.8, 4) is 0 Å². The summed E-state index contributed by atoms with van der Waals surface area (Å²) in [6, 6.07) is 15.2. The molecule has 0 aromatic heterocycles. The van der Waals surface area contributed by atoms with Crippen LogP contribution < -0.4 is 5.32 Å². The first kappa shape index (κ1) is 16.2. The molecule has 0 saturated heterocycles. The van der Waals surface area contributed by atoms with Crippen LogP contribution in [-0.2, 0) is 13.1 Å². The van der Waals surface area contributed by atoms with Crippen molar-refractivity contribution in [3.63, 3.8) is 0 Å². The van der Waals surface area contributed by atoms with Crippen molar-refractivity contribution in [2.24, 2.45) is 0 Å². The topological polar surface area (TPSA) is 49.3 Å². The predicted molar refractivity (Wildman–Crippen MR) is 82.4 cm³/mol. The molecule has 106 valence electrons. The van der Waals surface area contributed by atoms with Gasteiger partial charge in [-0.1, -0.05) is 36.4 Å². The number of aryl methyl sites for hydroxylation is 1. The van der Waals surface area contributed by atoms with Crippen LogP contribution in [-0.4, -0.2) is 11.1 Å². The van der Waals surface area contributed by atoms with E-state index in [1.165, 1.54) is 11.1 Å². The Kier molecular flexibility index (Phi) is 6.22. The van der Waals surface area contributed by atoms with E-state index in [1.807, 2.05) is 24.3 Å². The van der Waals surface area contributed by atoms with E-state index in [-0.39, 0.29) is 12.4 Å². The largest absolute Gasteiger partial charge is 0.478 e. The molecule has 0 atom stereocenters. The molecule has 20 heavy (non-hydrogen) atoms. The first-order valence-corrected chi connectivity index (χ1v) is 6.24. The Hall–Kier alpha value is -1.84. The summed E-state index contributed by atoms with van der Waals surface area (Å²) in [5.74, 6) is -0.889. The number of aromatic carboxylic acids is 1. The Balaban J connectivity index is 0.00000200. The van der Waals surface area contributed by atoms with Gasteiger partial charge in [-0.3, -0.25) is 0 Å². The zero-order valence-electron chi connectivity index (χ0n) is 11.3. The molecule has 2 aromatic rings. The molecular formula is C16H18ClNO2. The van der Waals surface area contributed by atoms with E-state index >= 15 is 0 Å². The van der Waals surface area contributed by atoms with Gasteiger partial charge in [0.1, 0.15) is 0 Å². The average Bonchev–Trinajstić information content (AvgIpc) is 2.41. The van der Waals surface area contributed by atoms with Gasteiger partial charge in [0.2, 0.25) is 0 Å². The number of carboxylic acids is 1. The lowest BCUT2D eigenvalue weighted by molar-refractivity contribution is 0.0697. The van der Waals surface area contributed by atoms with Crippen LogP contribution in [0.4, 0.5) is 0 Å². The third kappa shape index (κ3) is 4.37. The van der Waals surface area contributed by atoms with Crippen molar-refractivity contribution in [2.75, 3.05) is 0 Å². The molecule has 0 fully saturated rings. The molecule has 0 unspecified atom stereocenters. The summed E-state index contributed by atoms with van der Waals surface area (Å²) >= 11 is 0. The number of nitrogens with one attached hydrogen (secondary N) is 1. The van der Waals surface area contributed by atoms with Crippen molar-refractivity contribution < 1.29 is 9.90 Å². The lowest BCUT2D eigenvalue weighted by atomic mass is 10.1. The Morgan fingerprint density at radius 3 is 2.30 bits per heavy atom. The van der Waals surface area contributed by atoms with Crippen LogP contribution in [0.3, 0.4) is 0 Å². The second-order valence-corrected chi connectivity index (χ2v) is 4.53. The van der Waals surface area contributed by atoms with Crippen molar-refractivity contribution in [1.29, 1.82) is 0 Å². The molecule has 0 amide bonds. The molecule has 2 N–H and O–H groups in total. The van der Waals surface area contributed by atoms with Crippen molar-refractivity contribution >= 4 is 18.4 Å². The second-order valence-electron chi connectivity index (χ2n) is 4.53. The SMILES string of the molecule is Cc1ccccc1CNCc1ccc(C(=O)O)cc1.Cl. The van der Waals surface area contributed by atoms with Crippen LogP contribution in [0, 0.1) is 6.92 Å². The third-order valence-electron chi connectivity index (χ3n) is 3.11. The molecule has 0 aliphatic heterocycles. The maximum atomic E-state index is 10.7. The van der Waals surface area contributed by atoms with Crippen LogP contribution in [0.15, 0.2) is 48.5 Å². The standard InChI is InChI=1S/C16H17NO2.ClH/c1-12-4-2-3-5-15(12)11-17-10-13-6-8-14(9-7-13)16(18)19;/h2-9,17H,10-11H2,1H3,(H,18,19);1H. The quantitative estimate of drug-likeness (QED) is 0.887. The van der Waals surface area contributed by atoms with Gasteiger partial charge >= 0.3 is 5.97 Å². The van der Waals surface area contributed by atoms with E-state index in [1.54, 1.807) is 12.1 Å². The van der Waals surface area contributed by atoms with Gasteiger partial charge in [0.25, 0.3) is 0 Å². The number of benzene rings is 2. The highest BCUT2D eigenvalue weighted by atomic mass is 35.5. The highest BCUT2D eigenvalue weighted by molar-refractivity contribution is 5.87. The number of hydrogen-bond acceptors (Lipinski definition) is 2. The normalized spacial score (nSPS) is 9.85. The van der Waals surface area contributed by atoms with E-state index in [4.69, 9.17) is 5.11 Å². The summed E-state index contributed by atoms with van der Waals surface area (Å²) in [7, 11) is 0. The van der Waals surface area contributed by atoms with Crippen LogP contribution in [0.5, 0.6) is 0 Å². The minimum Gasteiger partial charge on any atom is -0.478 e. The molecule has 0 saturated carbocycles. The van der Waals surface area contributed by atoms with Crippen LogP contribution in [0.1, 0.15) is 27.0 Å². The number of carbonyl (C=O) groups is 1. The summed E-state index contributed by atoms with van der Waals surface area (Å²) in [5, 5.41) is 12.2. The van der Waals surface area contributed by atoms with Gasteiger partial charge in [-0.15, -0.1) is 12.4 Å². The van der Waals surface area contributed by atoms with Crippen molar-refractivity contribution in [3.05, 3.63) is 70.8 Å². The molecule has 2 rings (SSSR count). The van der Waals surface area contributed by atoms with Gasteiger partial charge in [0, 0.05) is 13.1 Å². The zero-order valence-corrected chi connectivity index (χ0v) is 12.1. The fourth-order valence-electron chi connectivity index (χ4n) is 1.92. The van der Waals surface area contributed by atoms with Gasteiger partial charge < -0.3 is 10.4 Å². The first-order chi connectivity index (χ1) is 9.16. The Labute approximate surface area is 125 Å². The summed E-state index contributed by atoms with van der Waals surface area (Å²) in [4.78, 5) is 10.7. The third-order valence-corrected chi connectivity index (χ3v) is 3.11. The van der Waals surface area contributed by atoms with Crippen molar-refractivity contribution in [2.45, 2.75) is 20.0 Å². The summed E-state index contributed by atoms with van der Waals surface area (Å²) in [6.45, 7) is 3.64. The lowest BCUT2D eigenvalue weighted by Crippen LogP contribution is -2.13. The molecule has 0 aliphatic rings. The summed E-state index contributed by atoms with van der Waals surface area (Å²) in [6.07, 6.45) is 0. The Morgan fingerprint density at radius 1 is 1.05 bits per heavy atom. The molecule has 2 aromatic carbocycles. The maximum Gasteiger partial charge on any atom is 0.335 e. The number of carboxylic acid groups (broad SMARTS) is 1. The molecule has 0 radical (unpaired) electrons. The lowest BCUT2D eigenvalue weighted by Gasteiger charge is -2.08. The molecule has 0 aliphatic carbocycles. The summed E-state index contributed by atoms with van der Waals surface area (Å²) < 4.78 is 0. The fourth-order valence-corrected chi connectivity index (χ4v) is 1.92. The second kappa shape index (κ2) is 7.68. The highest BCUT2D eigenvalue weighted by Crippen LogP contribution is 2.08. The van der Waals surface area contributed by atoms with E-state index in [0.29, 0.717) is 5.56 Å². The molecule has 0 heterocycles. The molecule has 0 bridgehead atoms. The number of rotatable bonds is 5. The Morgan fingerprint density at radius 2 is 1.70 bits per heavy atom. The van der Waals surface area contributed by atoms with Gasteiger partial charge in [0.05, 0.1) is 5.56 Å². The van der Waals surface area contributed by atoms with Crippen LogP contribution in [0.2, 0.25) is 0 Å². The minimum absolute atomic E-state index is 0. The zero-order chi connectivity index (χ0) is 13.7. The van der Waals surface area contributed by atoms with Crippen LogP contribution >= 0.6 is 12.4 Å². The Bertz CT molecular complexity index is 567. The smallest absolute Gasteiger partial charge is 0.335 e. The van der Waals surface area contributed by atoms with Crippen LogP contribution in [0.25, 0.3) is 0 Å². The van der Waals surface area contributed by atoms with Gasteiger partial charge in [-0.05, 0) is 35.7 Å². The van der Waals surface area contributed by atoms with Gasteiger partial charge in [-0.2, -0.15) is 0 Å². The van der Waals surface area contributed by atoms with E-state index in [9.17, 15) is 4.79 Å². The van der Waals surface area contributed by atoms with E-state index < -0.39 is 5.97 Å². The highest BCUT2D eigenvalue weighted by Gasteiger charge is 2.01. The summed E-state index contributed by atoms with van der Waals surface area (Å²) in [5.41, 5.74) is 3.96. The molecule has 0 spiro atoms. The number of hydrogen-bond donors (Lipinski definition) is 2. The van der Waals surface area contributed by atoms with Gasteiger partial charge in [-0.25, -0.2) is 4.79 Å². The predicted octanol–water partition coefficient (Wildman–Crippen LogP) is 3.40. The maximum absolute atomic E-state index is 10.7. The minimum atomic E-state index is -0.889. The fraction of sp³-hybridized carbons (Fsp3) is 0.188. The monoisotopic (exact) mass is 291 g/mol. The first-order valence-electron chi connectivity index (χ1n) is 6.24. The molecule has 3 nitrogen and oxygen atoms in total.